The highest BCUT2D eigenvalue weighted by molar-refractivity contribution is 7.13. The Morgan fingerprint density at radius 2 is 2.09 bits per heavy atom. The SMILES string of the molecule is O=C(Nc1nccs1)c1cc(C2CC2)nc2onc(C3CC3)c12. The van der Waals surface area contributed by atoms with Crippen molar-refractivity contribution >= 4 is 33.5 Å². The summed E-state index contributed by atoms with van der Waals surface area (Å²) in [5.74, 6) is 0.677. The zero-order valence-electron chi connectivity index (χ0n) is 12.3. The minimum atomic E-state index is -0.167. The molecule has 0 atom stereocenters. The molecule has 3 heterocycles. The number of pyridine rings is 1. The van der Waals surface area contributed by atoms with Gasteiger partial charge in [-0.05, 0) is 31.7 Å². The molecule has 0 radical (unpaired) electrons. The number of amides is 1. The van der Waals surface area contributed by atoms with Crippen molar-refractivity contribution in [3.05, 3.63) is 34.6 Å². The maximum Gasteiger partial charge on any atom is 0.259 e. The summed E-state index contributed by atoms with van der Waals surface area (Å²) in [5, 5.41) is 10.3. The van der Waals surface area contributed by atoms with E-state index in [2.05, 4.69) is 20.4 Å². The second kappa shape index (κ2) is 4.86. The summed E-state index contributed by atoms with van der Waals surface area (Å²) >= 11 is 1.40. The van der Waals surface area contributed by atoms with Crippen molar-refractivity contribution in [1.82, 2.24) is 15.1 Å². The minimum absolute atomic E-state index is 0.167. The van der Waals surface area contributed by atoms with Crippen LogP contribution in [0.5, 0.6) is 0 Å². The van der Waals surface area contributed by atoms with Gasteiger partial charge in [-0.1, -0.05) is 5.16 Å². The Kier molecular flexibility index (Phi) is 2.78. The summed E-state index contributed by atoms with van der Waals surface area (Å²) in [4.78, 5) is 21.5. The standard InChI is InChI=1S/C16H14N4O2S/c21-14(19-16-17-5-6-23-16)10-7-11(8-1-2-8)18-15-12(10)13(20-22-15)9-3-4-9/h5-9H,1-4H2,(H,17,19,21). The van der Waals surface area contributed by atoms with Crippen LogP contribution in [0.4, 0.5) is 5.13 Å². The molecule has 2 aliphatic carbocycles. The van der Waals surface area contributed by atoms with Crippen LogP contribution in [-0.4, -0.2) is 21.0 Å². The van der Waals surface area contributed by atoms with Gasteiger partial charge in [-0.2, -0.15) is 0 Å². The summed E-state index contributed by atoms with van der Waals surface area (Å²) in [5.41, 5.74) is 2.90. The predicted octanol–water partition coefficient (Wildman–Crippen LogP) is 3.69. The summed E-state index contributed by atoms with van der Waals surface area (Å²) in [6.45, 7) is 0. The number of hydrogen-bond acceptors (Lipinski definition) is 6. The molecule has 6 nitrogen and oxygen atoms in total. The molecule has 0 bridgehead atoms. The highest BCUT2D eigenvalue weighted by atomic mass is 32.1. The van der Waals surface area contributed by atoms with E-state index in [1.165, 1.54) is 11.3 Å². The van der Waals surface area contributed by atoms with Gasteiger partial charge in [0.1, 0.15) is 0 Å². The van der Waals surface area contributed by atoms with Crippen LogP contribution in [0.25, 0.3) is 11.1 Å². The van der Waals surface area contributed by atoms with Crippen LogP contribution in [0.3, 0.4) is 0 Å². The van der Waals surface area contributed by atoms with E-state index in [4.69, 9.17) is 4.52 Å². The Labute approximate surface area is 135 Å². The van der Waals surface area contributed by atoms with Gasteiger partial charge in [0.15, 0.2) is 5.13 Å². The van der Waals surface area contributed by atoms with Crippen LogP contribution < -0.4 is 5.32 Å². The number of nitrogens with one attached hydrogen (secondary N) is 1. The van der Waals surface area contributed by atoms with E-state index in [1.807, 2.05) is 11.4 Å². The molecule has 0 spiro atoms. The number of nitrogens with zero attached hydrogens (tertiary/aromatic N) is 3. The van der Waals surface area contributed by atoms with Crippen LogP contribution in [0.15, 0.2) is 22.2 Å². The van der Waals surface area contributed by atoms with Crippen LogP contribution in [0, 0.1) is 0 Å². The molecule has 1 N–H and O–H groups in total. The van der Waals surface area contributed by atoms with Gasteiger partial charge in [0.25, 0.3) is 11.6 Å². The van der Waals surface area contributed by atoms with Gasteiger partial charge in [0.05, 0.1) is 16.6 Å². The molecule has 0 aliphatic heterocycles. The summed E-state index contributed by atoms with van der Waals surface area (Å²) in [7, 11) is 0. The summed E-state index contributed by atoms with van der Waals surface area (Å²) in [6.07, 6.45) is 6.11. The van der Waals surface area contributed by atoms with Crippen molar-refractivity contribution in [1.29, 1.82) is 0 Å². The normalized spacial score (nSPS) is 17.6. The number of aromatic nitrogens is 3. The van der Waals surface area contributed by atoms with E-state index in [0.717, 1.165) is 42.5 Å². The van der Waals surface area contributed by atoms with Crippen molar-refractivity contribution in [2.24, 2.45) is 0 Å². The molecule has 1 amide bonds. The first-order chi connectivity index (χ1) is 11.3. The van der Waals surface area contributed by atoms with E-state index in [0.29, 0.717) is 28.2 Å². The fourth-order valence-electron chi connectivity index (χ4n) is 2.84. The van der Waals surface area contributed by atoms with Crippen molar-refractivity contribution < 1.29 is 9.32 Å². The van der Waals surface area contributed by atoms with Crippen LogP contribution >= 0.6 is 11.3 Å². The van der Waals surface area contributed by atoms with Gasteiger partial charge in [-0.25, -0.2) is 9.97 Å². The third kappa shape index (κ3) is 2.31. The molecule has 3 aromatic rings. The van der Waals surface area contributed by atoms with Crippen LogP contribution in [0.2, 0.25) is 0 Å². The number of thiazole rings is 1. The van der Waals surface area contributed by atoms with Crippen molar-refractivity contribution in [2.75, 3.05) is 5.32 Å². The molecule has 5 rings (SSSR count). The second-order valence-electron chi connectivity index (χ2n) is 6.18. The molecule has 116 valence electrons. The first-order valence-corrected chi connectivity index (χ1v) is 8.68. The minimum Gasteiger partial charge on any atom is -0.335 e. The molecule has 0 unspecified atom stereocenters. The summed E-state index contributed by atoms with van der Waals surface area (Å²) < 4.78 is 5.44. The molecule has 2 saturated carbocycles. The summed E-state index contributed by atoms with van der Waals surface area (Å²) in [6, 6.07) is 1.91. The van der Waals surface area contributed by atoms with Crippen LogP contribution in [0.1, 0.15) is 59.3 Å². The van der Waals surface area contributed by atoms with Gasteiger partial charge in [-0.15, -0.1) is 11.3 Å². The molecular formula is C16H14N4O2S. The average molecular weight is 326 g/mol. The van der Waals surface area contributed by atoms with Gasteiger partial charge < -0.3 is 4.52 Å². The lowest BCUT2D eigenvalue weighted by Crippen LogP contribution is -2.13. The Balaban J connectivity index is 1.63. The lowest BCUT2D eigenvalue weighted by molar-refractivity contribution is 0.102. The Hall–Kier alpha value is -2.28. The number of anilines is 1. The van der Waals surface area contributed by atoms with Gasteiger partial charge in [0.2, 0.25) is 0 Å². The lowest BCUT2D eigenvalue weighted by Gasteiger charge is -2.06. The van der Waals surface area contributed by atoms with E-state index in [9.17, 15) is 4.79 Å². The molecule has 0 aromatic carbocycles. The number of carbonyl (C=O) groups is 1. The fourth-order valence-corrected chi connectivity index (χ4v) is 3.37. The Morgan fingerprint density at radius 3 is 2.78 bits per heavy atom. The second-order valence-corrected chi connectivity index (χ2v) is 7.08. The highest BCUT2D eigenvalue weighted by Crippen LogP contribution is 2.45. The molecule has 3 aromatic heterocycles. The van der Waals surface area contributed by atoms with Gasteiger partial charge in [-0.3, -0.25) is 10.1 Å². The highest BCUT2D eigenvalue weighted by Gasteiger charge is 2.34. The third-order valence-electron chi connectivity index (χ3n) is 4.35. The molecule has 2 aliphatic rings. The van der Waals surface area contributed by atoms with Crippen molar-refractivity contribution in [2.45, 2.75) is 37.5 Å². The molecular weight excluding hydrogens is 312 g/mol. The van der Waals surface area contributed by atoms with E-state index in [1.54, 1.807) is 6.20 Å². The fraction of sp³-hybridized carbons (Fsp3) is 0.375. The van der Waals surface area contributed by atoms with Gasteiger partial charge >= 0.3 is 0 Å². The van der Waals surface area contributed by atoms with Crippen molar-refractivity contribution in [3.8, 4) is 0 Å². The topological polar surface area (TPSA) is 80.9 Å². The number of carbonyl (C=O) groups excluding carboxylic acids is 1. The number of fused-ring (bicyclic) bond motifs is 1. The van der Waals surface area contributed by atoms with Gasteiger partial charge in [0, 0.05) is 29.1 Å². The number of hydrogen-bond donors (Lipinski definition) is 1. The largest absolute Gasteiger partial charge is 0.335 e. The maximum absolute atomic E-state index is 12.8. The molecule has 23 heavy (non-hydrogen) atoms. The molecule has 7 heteroatoms. The van der Waals surface area contributed by atoms with E-state index >= 15 is 0 Å². The zero-order chi connectivity index (χ0) is 15.4. The van der Waals surface area contributed by atoms with E-state index in [-0.39, 0.29) is 5.91 Å². The quantitative estimate of drug-likeness (QED) is 0.791. The third-order valence-corrected chi connectivity index (χ3v) is 5.04. The molecule has 0 saturated heterocycles. The molecule has 2 fully saturated rings. The average Bonchev–Trinajstić information content (AvgIpc) is 3.49. The van der Waals surface area contributed by atoms with Crippen LogP contribution in [-0.2, 0) is 0 Å². The Bertz CT molecular complexity index is 894. The predicted molar refractivity (Wildman–Crippen MR) is 85.8 cm³/mol. The maximum atomic E-state index is 12.8. The monoisotopic (exact) mass is 326 g/mol. The first-order valence-electron chi connectivity index (χ1n) is 7.80. The smallest absolute Gasteiger partial charge is 0.259 e. The number of rotatable bonds is 4. The Morgan fingerprint density at radius 1 is 1.26 bits per heavy atom. The lowest BCUT2D eigenvalue weighted by atomic mass is 10.1. The zero-order valence-corrected chi connectivity index (χ0v) is 13.1. The van der Waals surface area contributed by atoms with Crippen molar-refractivity contribution in [3.63, 3.8) is 0 Å². The first kappa shape index (κ1) is 13.2. The van der Waals surface area contributed by atoms with E-state index < -0.39 is 0 Å².